The molecule has 0 bridgehead atoms. The summed E-state index contributed by atoms with van der Waals surface area (Å²) in [5.41, 5.74) is 2.77. The molecule has 0 unspecified atom stereocenters. The van der Waals surface area contributed by atoms with Crippen molar-refractivity contribution in [1.82, 2.24) is 14.7 Å². The number of rotatable bonds is 13. The fraction of sp³-hybridized carbons (Fsp3) is 0.393. The summed E-state index contributed by atoms with van der Waals surface area (Å²) in [4.78, 5) is 2.20. The summed E-state index contributed by atoms with van der Waals surface area (Å²) in [6.07, 6.45) is 4.59. The van der Waals surface area contributed by atoms with Gasteiger partial charge in [-0.3, -0.25) is 4.90 Å². The van der Waals surface area contributed by atoms with Crippen LogP contribution in [0.3, 0.4) is 0 Å². The van der Waals surface area contributed by atoms with E-state index in [0.29, 0.717) is 36.4 Å². The number of aromatic nitrogens is 2. The normalized spacial score (nSPS) is 12.1. The Balaban J connectivity index is 1.98. The van der Waals surface area contributed by atoms with Crippen LogP contribution in [0.5, 0.6) is 17.4 Å². The second kappa shape index (κ2) is 13.0. The monoisotopic (exact) mass is 477 g/mol. The van der Waals surface area contributed by atoms with Crippen LogP contribution in [0.1, 0.15) is 19.4 Å². The van der Waals surface area contributed by atoms with Crippen LogP contribution >= 0.6 is 0 Å². The summed E-state index contributed by atoms with van der Waals surface area (Å²) in [6.45, 7) is 6.42. The first-order valence-electron chi connectivity index (χ1n) is 11.8. The summed E-state index contributed by atoms with van der Waals surface area (Å²) in [6, 6.07) is 17.6. The van der Waals surface area contributed by atoms with E-state index >= 15 is 0 Å². The first-order chi connectivity index (χ1) is 16.9. The van der Waals surface area contributed by atoms with Gasteiger partial charge in [0, 0.05) is 32.2 Å². The first-order valence-corrected chi connectivity index (χ1v) is 11.8. The van der Waals surface area contributed by atoms with Crippen molar-refractivity contribution in [3.63, 3.8) is 0 Å². The Morgan fingerprint density at radius 1 is 1.06 bits per heavy atom. The number of ether oxygens (including phenoxy) is 3. The van der Waals surface area contributed by atoms with Crippen LogP contribution in [-0.4, -0.2) is 59.3 Å². The Kier molecular flexibility index (Phi) is 9.74. The number of aryl methyl sites for hydroxylation is 1. The van der Waals surface area contributed by atoms with Gasteiger partial charge in [0.05, 0.1) is 25.4 Å². The maximum Gasteiger partial charge on any atom is 0.222 e. The van der Waals surface area contributed by atoms with E-state index in [1.165, 1.54) is 0 Å². The summed E-state index contributed by atoms with van der Waals surface area (Å²) < 4.78 is 19.0. The predicted molar refractivity (Wildman–Crippen MR) is 137 cm³/mol. The van der Waals surface area contributed by atoms with E-state index in [0.717, 1.165) is 23.4 Å². The molecule has 0 aliphatic rings. The molecule has 0 radical (unpaired) electrons. The third kappa shape index (κ3) is 7.33. The second-order valence-electron chi connectivity index (χ2n) is 8.84. The van der Waals surface area contributed by atoms with Gasteiger partial charge in [-0.25, -0.2) is 4.68 Å². The van der Waals surface area contributed by atoms with Crippen molar-refractivity contribution in [2.75, 3.05) is 33.4 Å². The number of hydrogen-bond donors (Lipinski definition) is 1. The molecular weight excluding hydrogens is 442 g/mol. The Labute approximate surface area is 208 Å². The fourth-order valence-corrected chi connectivity index (χ4v) is 4.01. The molecule has 1 heterocycles. The molecule has 0 fully saturated rings. The van der Waals surface area contributed by atoms with Crippen molar-refractivity contribution in [1.29, 1.82) is 0 Å². The maximum atomic E-state index is 10.6. The van der Waals surface area contributed by atoms with E-state index in [-0.39, 0.29) is 13.2 Å². The largest absolute Gasteiger partial charge is 0.493 e. The summed E-state index contributed by atoms with van der Waals surface area (Å²) in [5, 5.41) is 15.4. The number of methoxy groups -OCH3 is 1. The molecule has 1 aromatic heterocycles. The van der Waals surface area contributed by atoms with Gasteiger partial charge in [-0.2, -0.15) is 5.10 Å². The number of benzene rings is 2. The fourth-order valence-electron chi connectivity index (χ4n) is 4.01. The van der Waals surface area contributed by atoms with Crippen LogP contribution in [0.4, 0.5) is 0 Å². The quantitative estimate of drug-likeness (QED) is 0.292. The van der Waals surface area contributed by atoms with Crippen LogP contribution in [0.2, 0.25) is 0 Å². The lowest BCUT2D eigenvalue weighted by Gasteiger charge is -2.27. The number of aliphatic hydroxyl groups is 1. The maximum absolute atomic E-state index is 10.6. The minimum atomic E-state index is -0.669. The Morgan fingerprint density at radius 2 is 1.74 bits per heavy atom. The van der Waals surface area contributed by atoms with Crippen LogP contribution < -0.4 is 9.47 Å². The molecule has 0 saturated heterocycles. The summed E-state index contributed by atoms with van der Waals surface area (Å²) >= 11 is 0. The lowest BCUT2D eigenvalue weighted by Crippen LogP contribution is -2.37. The average molecular weight is 478 g/mol. The van der Waals surface area contributed by atoms with Gasteiger partial charge in [-0.1, -0.05) is 62.2 Å². The molecule has 0 aliphatic carbocycles. The molecule has 7 heteroatoms. The highest BCUT2D eigenvalue weighted by atomic mass is 16.5. The van der Waals surface area contributed by atoms with Crippen molar-refractivity contribution in [3.05, 3.63) is 60.2 Å². The lowest BCUT2D eigenvalue weighted by atomic mass is 10.1. The van der Waals surface area contributed by atoms with Crippen molar-refractivity contribution < 1.29 is 19.3 Å². The van der Waals surface area contributed by atoms with Gasteiger partial charge in [0.2, 0.25) is 5.88 Å². The molecule has 3 aromatic rings. The van der Waals surface area contributed by atoms with Crippen LogP contribution in [-0.2, 0) is 18.3 Å². The summed E-state index contributed by atoms with van der Waals surface area (Å²) in [5.74, 6) is 4.70. The molecule has 7 nitrogen and oxygen atoms in total. The standard InChI is InChI=1S/C28H35N3O4/c1-6-16-34-20-23(32)18-31(17-21(2)3)19-24-27(22-12-8-7-9-13-22)29-30(4)28(24)35-26-15-11-10-14-25(26)33-5/h1,7-15,21,23,32H,16-20H2,2-5H3/t23-/m0/s1. The van der Waals surface area contributed by atoms with E-state index in [4.69, 9.17) is 25.7 Å². The lowest BCUT2D eigenvalue weighted by molar-refractivity contribution is 0.0237. The number of nitrogens with zero attached hydrogens (tertiary/aromatic N) is 3. The Morgan fingerprint density at radius 3 is 2.40 bits per heavy atom. The van der Waals surface area contributed by atoms with Gasteiger partial charge in [0.15, 0.2) is 11.5 Å². The molecule has 3 rings (SSSR count). The highest BCUT2D eigenvalue weighted by molar-refractivity contribution is 5.66. The zero-order valence-electron chi connectivity index (χ0n) is 21.0. The Hall–Kier alpha value is -3.31. The minimum Gasteiger partial charge on any atom is -0.493 e. The molecule has 1 N–H and O–H groups in total. The number of terminal acetylenes is 1. The highest BCUT2D eigenvalue weighted by Gasteiger charge is 2.24. The topological polar surface area (TPSA) is 69.0 Å². The predicted octanol–water partition coefficient (Wildman–Crippen LogP) is 4.36. The van der Waals surface area contributed by atoms with Crippen molar-refractivity contribution in [2.45, 2.75) is 26.5 Å². The number of hydrogen-bond acceptors (Lipinski definition) is 6. The van der Waals surface area contributed by atoms with Gasteiger partial charge >= 0.3 is 0 Å². The molecule has 2 aromatic carbocycles. The molecular formula is C28H35N3O4. The third-order valence-electron chi connectivity index (χ3n) is 5.38. The summed E-state index contributed by atoms with van der Waals surface area (Å²) in [7, 11) is 3.49. The zero-order valence-corrected chi connectivity index (χ0v) is 21.0. The van der Waals surface area contributed by atoms with Crippen molar-refractivity contribution in [2.24, 2.45) is 13.0 Å². The first kappa shape index (κ1) is 26.3. The highest BCUT2D eigenvalue weighted by Crippen LogP contribution is 2.37. The van der Waals surface area contributed by atoms with E-state index < -0.39 is 6.10 Å². The van der Waals surface area contributed by atoms with Gasteiger partial charge in [-0.15, -0.1) is 6.42 Å². The van der Waals surface area contributed by atoms with Crippen LogP contribution in [0, 0.1) is 18.3 Å². The van der Waals surface area contributed by atoms with Gasteiger partial charge in [-0.05, 0) is 18.1 Å². The average Bonchev–Trinajstić information content (AvgIpc) is 3.14. The van der Waals surface area contributed by atoms with Crippen molar-refractivity contribution >= 4 is 0 Å². The molecule has 0 spiro atoms. The Bertz CT molecular complexity index is 1110. The second-order valence-corrected chi connectivity index (χ2v) is 8.84. The number of aliphatic hydroxyl groups excluding tert-OH is 1. The molecule has 35 heavy (non-hydrogen) atoms. The third-order valence-corrected chi connectivity index (χ3v) is 5.38. The van der Waals surface area contributed by atoms with E-state index in [1.807, 2.05) is 61.6 Å². The van der Waals surface area contributed by atoms with Crippen LogP contribution in [0.15, 0.2) is 54.6 Å². The van der Waals surface area contributed by atoms with Crippen molar-refractivity contribution in [3.8, 4) is 41.0 Å². The molecule has 0 saturated carbocycles. The molecule has 1 atom stereocenters. The smallest absolute Gasteiger partial charge is 0.222 e. The van der Waals surface area contributed by atoms with Gasteiger partial charge in [0.1, 0.15) is 12.3 Å². The van der Waals surface area contributed by atoms with E-state index in [2.05, 4.69) is 24.7 Å². The van der Waals surface area contributed by atoms with Gasteiger partial charge < -0.3 is 19.3 Å². The van der Waals surface area contributed by atoms with Gasteiger partial charge in [0.25, 0.3) is 0 Å². The van der Waals surface area contributed by atoms with E-state index in [9.17, 15) is 5.11 Å². The molecule has 186 valence electrons. The molecule has 0 aliphatic heterocycles. The minimum absolute atomic E-state index is 0.179. The van der Waals surface area contributed by atoms with E-state index in [1.54, 1.807) is 11.8 Å². The van der Waals surface area contributed by atoms with Crippen LogP contribution in [0.25, 0.3) is 11.3 Å². The zero-order chi connectivity index (χ0) is 25.2. The SMILES string of the molecule is C#CCOC[C@@H](O)CN(Cc1c(-c2ccccc2)nn(C)c1Oc1ccccc1OC)CC(C)C. The number of para-hydroxylation sites is 2. The molecule has 0 amide bonds.